The highest BCUT2D eigenvalue weighted by Crippen LogP contribution is 2.35. The molecule has 0 radical (unpaired) electrons. The summed E-state index contributed by atoms with van der Waals surface area (Å²) in [4.78, 5) is 4.87. The SMILES string of the molecule is C=C(/C=C(/Cl)c1nccn1C)SNC1(O)CC1. The zero-order chi connectivity index (χ0) is 12.5. The van der Waals surface area contributed by atoms with E-state index in [0.717, 1.165) is 17.7 Å². The molecule has 0 saturated heterocycles. The van der Waals surface area contributed by atoms with Crippen molar-refractivity contribution in [2.45, 2.75) is 18.6 Å². The molecule has 1 aromatic heterocycles. The standard InChI is InChI=1S/C11H14ClN3OS/c1-8(17-14-11(16)3-4-11)7-9(12)10-13-5-6-15(10)2/h5-7,14,16H,1,3-4H2,2H3/b9-7+. The van der Waals surface area contributed by atoms with Crippen LogP contribution in [0.2, 0.25) is 0 Å². The summed E-state index contributed by atoms with van der Waals surface area (Å²) in [6.45, 7) is 3.86. The fraction of sp³-hybridized carbons (Fsp3) is 0.364. The van der Waals surface area contributed by atoms with E-state index in [1.54, 1.807) is 12.3 Å². The summed E-state index contributed by atoms with van der Waals surface area (Å²) in [6, 6.07) is 0. The number of hydrogen-bond donors (Lipinski definition) is 2. The van der Waals surface area contributed by atoms with Gasteiger partial charge >= 0.3 is 0 Å². The number of rotatable bonds is 5. The molecule has 92 valence electrons. The van der Waals surface area contributed by atoms with Gasteiger partial charge in [-0.25, -0.2) is 9.71 Å². The zero-order valence-electron chi connectivity index (χ0n) is 9.48. The van der Waals surface area contributed by atoms with E-state index in [1.165, 1.54) is 11.9 Å². The normalized spacial score (nSPS) is 18.2. The van der Waals surface area contributed by atoms with Crippen molar-refractivity contribution in [2.24, 2.45) is 7.05 Å². The lowest BCUT2D eigenvalue weighted by molar-refractivity contribution is 0.143. The zero-order valence-corrected chi connectivity index (χ0v) is 11.1. The van der Waals surface area contributed by atoms with Crippen LogP contribution in [0.1, 0.15) is 18.7 Å². The maximum Gasteiger partial charge on any atom is 0.151 e. The van der Waals surface area contributed by atoms with Crippen LogP contribution >= 0.6 is 23.5 Å². The second kappa shape index (κ2) is 4.86. The average molecular weight is 272 g/mol. The Hall–Kier alpha value is -0.750. The Morgan fingerprint density at radius 3 is 3.00 bits per heavy atom. The van der Waals surface area contributed by atoms with Crippen molar-refractivity contribution in [2.75, 3.05) is 0 Å². The van der Waals surface area contributed by atoms with Crippen molar-refractivity contribution in [3.63, 3.8) is 0 Å². The van der Waals surface area contributed by atoms with Crippen molar-refractivity contribution in [1.29, 1.82) is 0 Å². The minimum Gasteiger partial charge on any atom is -0.375 e. The molecule has 1 fully saturated rings. The maximum atomic E-state index is 9.60. The average Bonchev–Trinajstić information content (AvgIpc) is 2.84. The Morgan fingerprint density at radius 2 is 2.47 bits per heavy atom. The smallest absolute Gasteiger partial charge is 0.151 e. The number of nitrogens with one attached hydrogen (secondary N) is 1. The fourth-order valence-corrected chi connectivity index (χ4v) is 2.29. The predicted molar refractivity (Wildman–Crippen MR) is 71.1 cm³/mol. The van der Waals surface area contributed by atoms with E-state index < -0.39 is 5.72 Å². The molecule has 0 bridgehead atoms. The van der Waals surface area contributed by atoms with Crippen molar-refractivity contribution in [1.82, 2.24) is 14.3 Å². The third-order valence-corrected chi connectivity index (χ3v) is 3.56. The van der Waals surface area contributed by atoms with Crippen LogP contribution in [0.5, 0.6) is 0 Å². The van der Waals surface area contributed by atoms with Crippen molar-refractivity contribution in [3.05, 3.63) is 35.8 Å². The lowest BCUT2D eigenvalue weighted by Gasteiger charge is -2.09. The first-order valence-electron chi connectivity index (χ1n) is 5.20. The molecule has 0 aliphatic heterocycles. The van der Waals surface area contributed by atoms with E-state index in [9.17, 15) is 5.11 Å². The summed E-state index contributed by atoms with van der Waals surface area (Å²) < 4.78 is 4.77. The Bertz CT molecular complexity index is 465. The quantitative estimate of drug-likeness (QED) is 0.490. The number of aromatic nitrogens is 2. The number of halogens is 1. The first kappa shape index (κ1) is 12.7. The van der Waals surface area contributed by atoms with Crippen LogP contribution in [0.4, 0.5) is 0 Å². The van der Waals surface area contributed by atoms with E-state index in [4.69, 9.17) is 11.6 Å². The summed E-state index contributed by atoms with van der Waals surface area (Å²) in [7, 11) is 1.87. The summed E-state index contributed by atoms with van der Waals surface area (Å²) in [5, 5.41) is 10.1. The molecule has 0 spiro atoms. The van der Waals surface area contributed by atoms with E-state index in [0.29, 0.717) is 10.9 Å². The molecule has 0 unspecified atom stereocenters. The Balaban J connectivity index is 1.94. The summed E-state index contributed by atoms with van der Waals surface area (Å²) in [5.41, 5.74) is -0.711. The van der Waals surface area contributed by atoms with Gasteiger partial charge in [-0.15, -0.1) is 0 Å². The van der Waals surface area contributed by atoms with Gasteiger partial charge in [0.25, 0.3) is 0 Å². The minimum absolute atomic E-state index is 0.527. The third kappa shape index (κ3) is 3.35. The molecule has 1 heterocycles. The number of aliphatic hydroxyl groups is 1. The van der Waals surface area contributed by atoms with Gasteiger partial charge in [-0.3, -0.25) is 0 Å². The third-order valence-electron chi connectivity index (χ3n) is 2.42. The van der Waals surface area contributed by atoms with Crippen molar-refractivity contribution >= 4 is 28.6 Å². The van der Waals surface area contributed by atoms with Crippen LogP contribution in [0.25, 0.3) is 5.03 Å². The molecule has 17 heavy (non-hydrogen) atoms. The molecule has 0 amide bonds. The van der Waals surface area contributed by atoms with Crippen LogP contribution < -0.4 is 4.72 Å². The van der Waals surface area contributed by atoms with Gasteiger partial charge in [-0.2, -0.15) is 0 Å². The van der Waals surface area contributed by atoms with E-state index in [-0.39, 0.29) is 0 Å². The van der Waals surface area contributed by atoms with Gasteiger partial charge in [-0.1, -0.05) is 18.2 Å². The van der Waals surface area contributed by atoms with Crippen LogP contribution in [0.3, 0.4) is 0 Å². The van der Waals surface area contributed by atoms with Crippen LogP contribution in [0, 0.1) is 0 Å². The first-order chi connectivity index (χ1) is 8.00. The molecule has 4 nitrogen and oxygen atoms in total. The first-order valence-corrected chi connectivity index (χ1v) is 6.40. The molecule has 2 rings (SSSR count). The van der Waals surface area contributed by atoms with Gasteiger partial charge in [-0.05, 0) is 30.9 Å². The van der Waals surface area contributed by atoms with E-state index in [1.807, 2.05) is 17.8 Å². The summed E-state index contributed by atoms with van der Waals surface area (Å²) >= 11 is 7.41. The molecule has 1 aliphatic carbocycles. The minimum atomic E-state index is -0.711. The Morgan fingerprint density at radius 1 is 1.76 bits per heavy atom. The molecular formula is C11H14ClN3OS. The lowest BCUT2D eigenvalue weighted by atomic mass is 10.4. The molecule has 1 aromatic rings. The number of imidazole rings is 1. The number of hydrogen-bond acceptors (Lipinski definition) is 4. The summed E-state index contributed by atoms with van der Waals surface area (Å²) in [6.07, 6.45) is 6.81. The lowest BCUT2D eigenvalue weighted by Crippen LogP contribution is -2.23. The van der Waals surface area contributed by atoms with E-state index in [2.05, 4.69) is 16.3 Å². The molecule has 1 saturated carbocycles. The second-order valence-corrected chi connectivity index (χ2v) is 5.40. The van der Waals surface area contributed by atoms with Crippen molar-refractivity contribution in [3.8, 4) is 0 Å². The van der Waals surface area contributed by atoms with Crippen LogP contribution in [-0.4, -0.2) is 20.4 Å². The fourth-order valence-electron chi connectivity index (χ4n) is 1.21. The molecule has 0 atom stereocenters. The predicted octanol–water partition coefficient (Wildman–Crippen LogP) is 2.23. The van der Waals surface area contributed by atoms with Gasteiger partial charge in [0.1, 0.15) is 5.72 Å². The Kier molecular flexibility index (Phi) is 3.63. The number of nitrogens with zero attached hydrogens (tertiary/aromatic N) is 2. The highest BCUT2D eigenvalue weighted by Gasteiger charge is 2.40. The largest absolute Gasteiger partial charge is 0.375 e. The molecular weight excluding hydrogens is 258 g/mol. The van der Waals surface area contributed by atoms with E-state index >= 15 is 0 Å². The monoisotopic (exact) mass is 271 g/mol. The molecule has 6 heteroatoms. The van der Waals surface area contributed by atoms with Crippen molar-refractivity contribution < 1.29 is 5.11 Å². The number of allylic oxidation sites excluding steroid dienone is 1. The highest BCUT2D eigenvalue weighted by atomic mass is 35.5. The number of aryl methyl sites for hydroxylation is 1. The highest BCUT2D eigenvalue weighted by molar-refractivity contribution is 8.01. The molecule has 0 aromatic carbocycles. The van der Waals surface area contributed by atoms with Crippen LogP contribution in [-0.2, 0) is 7.05 Å². The summed E-state index contributed by atoms with van der Waals surface area (Å²) in [5.74, 6) is 0.693. The maximum absolute atomic E-state index is 9.60. The van der Waals surface area contributed by atoms with Gasteiger partial charge < -0.3 is 9.67 Å². The Labute approximate surface area is 110 Å². The molecule has 1 aliphatic rings. The van der Waals surface area contributed by atoms with Gasteiger partial charge in [0.15, 0.2) is 5.82 Å². The van der Waals surface area contributed by atoms with Crippen LogP contribution in [0.15, 0.2) is 30.0 Å². The second-order valence-electron chi connectivity index (χ2n) is 4.06. The topological polar surface area (TPSA) is 50.1 Å². The van der Waals surface area contributed by atoms with Gasteiger partial charge in [0, 0.05) is 24.3 Å². The molecule has 2 N–H and O–H groups in total. The van der Waals surface area contributed by atoms with Gasteiger partial charge in [0.2, 0.25) is 0 Å². The van der Waals surface area contributed by atoms with Gasteiger partial charge in [0.05, 0.1) is 5.03 Å².